The average Bonchev–Trinajstić information content (AvgIpc) is 3.43. The quantitative estimate of drug-likeness (QED) is 0.454. The van der Waals surface area contributed by atoms with Crippen molar-refractivity contribution >= 4 is 27.7 Å². The molecular formula is C25H29FN6O. The van der Waals surface area contributed by atoms with Gasteiger partial charge in [-0.15, -0.1) is 0 Å². The fourth-order valence-corrected chi connectivity index (χ4v) is 4.57. The summed E-state index contributed by atoms with van der Waals surface area (Å²) in [7, 11) is 2.15. The van der Waals surface area contributed by atoms with Crippen molar-refractivity contribution in [3.8, 4) is 0 Å². The van der Waals surface area contributed by atoms with E-state index in [1.165, 1.54) is 12.1 Å². The topological polar surface area (TPSA) is 71.3 Å². The molecule has 0 unspecified atom stereocenters. The number of piperazine rings is 1. The Morgan fingerprint density at radius 2 is 1.91 bits per heavy atom. The van der Waals surface area contributed by atoms with E-state index < -0.39 is 0 Å². The number of nitrogens with zero attached hydrogens (tertiary/aromatic N) is 4. The van der Waals surface area contributed by atoms with Gasteiger partial charge in [0.25, 0.3) is 5.91 Å². The monoisotopic (exact) mass is 448 g/mol. The summed E-state index contributed by atoms with van der Waals surface area (Å²) in [5.74, 6) is -0.397. The van der Waals surface area contributed by atoms with Gasteiger partial charge in [0.05, 0.1) is 5.52 Å². The highest BCUT2D eigenvalue weighted by atomic mass is 19.1. The number of carbonyl (C=O) groups is 1. The molecule has 1 fully saturated rings. The Balaban J connectivity index is 1.37. The smallest absolute Gasteiger partial charge is 0.275 e. The van der Waals surface area contributed by atoms with Crippen LogP contribution in [0.4, 0.5) is 4.39 Å². The highest BCUT2D eigenvalue weighted by Crippen LogP contribution is 2.23. The van der Waals surface area contributed by atoms with Gasteiger partial charge < -0.3 is 19.7 Å². The normalized spacial score (nSPS) is 15.5. The number of rotatable bonds is 7. The fraction of sp³-hybridized carbons (Fsp3) is 0.360. The molecule has 1 amide bonds. The van der Waals surface area contributed by atoms with E-state index in [-0.39, 0.29) is 11.7 Å². The summed E-state index contributed by atoms with van der Waals surface area (Å²) in [5, 5.41) is 8.91. The molecule has 5 rings (SSSR count). The van der Waals surface area contributed by atoms with E-state index in [1.54, 1.807) is 6.07 Å². The number of carbonyl (C=O) groups excluding carboxylic acids is 1. The average molecular weight is 449 g/mol. The van der Waals surface area contributed by atoms with E-state index in [0.717, 1.165) is 66.5 Å². The van der Waals surface area contributed by atoms with Crippen LogP contribution < -0.4 is 0 Å². The van der Waals surface area contributed by atoms with Crippen LogP contribution >= 0.6 is 0 Å². The Bertz CT molecular complexity index is 1260. The lowest BCUT2D eigenvalue weighted by Gasteiger charge is -2.33. The van der Waals surface area contributed by atoms with Crippen LogP contribution in [0.2, 0.25) is 0 Å². The van der Waals surface area contributed by atoms with E-state index in [9.17, 15) is 9.18 Å². The summed E-state index contributed by atoms with van der Waals surface area (Å²) in [5.41, 5.74) is 3.03. The molecule has 3 heterocycles. The highest BCUT2D eigenvalue weighted by Gasteiger charge is 2.23. The first-order valence-corrected chi connectivity index (χ1v) is 11.5. The molecule has 0 aliphatic carbocycles. The number of H-pyrrole nitrogens is 2. The number of halogens is 1. The standard InChI is InChI=1S/C25H29FN6O/c1-30-11-13-31(14-12-30)9-4-10-32(17-18-16-27-22-8-7-19(26)15-21(18)22)25(33)24-20-5-2-3-6-23(20)28-29-24/h2-3,5-8,15-16,27H,4,9-14,17H2,1H3,(H,28,29). The minimum atomic E-state index is -0.283. The number of aromatic nitrogens is 3. The van der Waals surface area contributed by atoms with Gasteiger partial charge >= 0.3 is 0 Å². The Kier molecular flexibility index (Phi) is 6.11. The van der Waals surface area contributed by atoms with Crippen molar-refractivity contribution in [2.24, 2.45) is 0 Å². The number of amides is 1. The molecule has 4 aromatic rings. The maximum Gasteiger partial charge on any atom is 0.275 e. The molecule has 2 aromatic heterocycles. The number of fused-ring (bicyclic) bond motifs is 2. The van der Waals surface area contributed by atoms with E-state index in [1.807, 2.05) is 35.4 Å². The maximum atomic E-state index is 13.9. The van der Waals surface area contributed by atoms with Crippen molar-refractivity contribution in [1.82, 2.24) is 29.9 Å². The maximum absolute atomic E-state index is 13.9. The second-order valence-corrected chi connectivity index (χ2v) is 8.85. The van der Waals surface area contributed by atoms with E-state index >= 15 is 0 Å². The Hall–Kier alpha value is -3.23. The number of benzene rings is 2. The third-order valence-corrected chi connectivity index (χ3v) is 6.55. The highest BCUT2D eigenvalue weighted by molar-refractivity contribution is 6.04. The van der Waals surface area contributed by atoms with Gasteiger partial charge in [-0.1, -0.05) is 18.2 Å². The molecule has 8 heteroatoms. The van der Waals surface area contributed by atoms with Crippen molar-refractivity contribution in [3.05, 3.63) is 65.7 Å². The molecule has 2 N–H and O–H groups in total. The van der Waals surface area contributed by atoms with Crippen LogP contribution in [-0.2, 0) is 6.54 Å². The molecule has 0 atom stereocenters. The van der Waals surface area contributed by atoms with Crippen LogP contribution in [-0.4, -0.2) is 82.1 Å². The lowest BCUT2D eigenvalue weighted by molar-refractivity contribution is 0.0725. The Morgan fingerprint density at radius 3 is 2.76 bits per heavy atom. The summed E-state index contributed by atoms with van der Waals surface area (Å²) in [6.45, 7) is 6.19. The van der Waals surface area contributed by atoms with Crippen LogP contribution in [0.5, 0.6) is 0 Å². The molecule has 1 aliphatic heterocycles. The van der Waals surface area contributed by atoms with Crippen LogP contribution in [0, 0.1) is 5.82 Å². The van der Waals surface area contributed by atoms with Gasteiger partial charge in [0.2, 0.25) is 0 Å². The molecule has 0 saturated carbocycles. The zero-order valence-corrected chi connectivity index (χ0v) is 18.9. The second kappa shape index (κ2) is 9.33. The summed E-state index contributed by atoms with van der Waals surface area (Å²) in [4.78, 5) is 23.4. The van der Waals surface area contributed by atoms with Gasteiger partial charge in [0.1, 0.15) is 5.82 Å². The molecular weight excluding hydrogens is 419 g/mol. The van der Waals surface area contributed by atoms with Gasteiger partial charge in [0.15, 0.2) is 5.69 Å². The number of para-hydroxylation sites is 1. The van der Waals surface area contributed by atoms with Crippen LogP contribution in [0.15, 0.2) is 48.7 Å². The first-order chi connectivity index (χ1) is 16.1. The van der Waals surface area contributed by atoms with Crippen LogP contribution in [0.25, 0.3) is 21.8 Å². The Labute approximate surface area is 192 Å². The van der Waals surface area contributed by atoms with Crippen LogP contribution in [0.1, 0.15) is 22.5 Å². The van der Waals surface area contributed by atoms with Crippen molar-refractivity contribution in [1.29, 1.82) is 0 Å². The minimum Gasteiger partial charge on any atom is -0.361 e. The number of hydrogen-bond acceptors (Lipinski definition) is 4. The fourth-order valence-electron chi connectivity index (χ4n) is 4.57. The number of nitrogens with one attached hydrogen (secondary N) is 2. The Morgan fingerprint density at radius 1 is 1.09 bits per heavy atom. The summed E-state index contributed by atoms with van der Waals surface area (Å²) in [6, 6.07) is 12.4. The van der Waals surface area contributed by atoms with Gasteiger partial charge in [-0.05, 0) is 49.8 Å². The first-order valence-electron chi connectivity index (χ1n) is 11.5. The third kappa shape index (κ3) is 4.62. The molecule has 0 bridgehead atoms. The molecule has 33 heavy (non-hydrogen) atoms. The molecule has 1 saturated heterocycles. The van der Waals surface area contributed by atoms with E-state index in [0.29, 0.717) is 18.8 Å². The number of hydrogen-bond donors (Lipinski definition) is 2. The molecule has 7 nitrogen and oxygen atoms in total. The van der Waals surface area contributed by atoms with E-state index in [2.05, 4.69) is 32.0 Å². The zero-order chi connectivity index (χ0) is 22.8. The zero-order valence-electron chi connectivity index (χ0n) is 18.9. The van der Waals surface area contributed by atoms with Gasteiger partial charge in [-0.2, -0.15) is 5.10 Å². The summed E-state index contributed by atoms with van der Waals surface area (Å²) < 4.78 is 13.9. The van der Waals surface area contributed by atoms with Crippen molar-refractivity contribution < 1.29 is 9.18 Å². The van der Waals surface area contributed by atoms with Crippen molar-refractivity contribution in [2.75, 3.05) is 46.3 Å². The lowest BCUT2D eigenvalue weighted by Crippen LogP contribution is -2.45. The number of aromatic amines is 2. The lowest BCUT2D eigenvalue weighted by atomic mass is 10.1. The molecule has 1 aliphatic rings. The predicted octanol–water partition coefficient (Wildman–Crippen LogP) is 3.46. The van der Waals surface area contributed by atoms with Gasteiger partial charge in [-0.3, -0.25) is 9.89 Å². The van der Waals surface area contributed by atoms with Gasteiger partial charge in [-0.25, -0.2) is 4.39 Å². The van der Waals surface area contributed by atoms with E-state index in [4.69, 9.17) is 0 Å². The summed E-state index contributed by atoms with van der Waals surface area (Å²) in [6.07, 6.45) is 2.74. The number of likely N-dealkylation sites (N-methyl/N-ethyl adjacent to an activating group) is 1. The van der Waals surface area contributed by atoms with Crippen LogP contribution in [0.3, 0.4) is 0 Å². The molecule has 172 valence electrons. The predicted molar refractivity (Wildman–Crippen MR) is 128 cm³/mol. The molecule has 2 aromatic carbocycles. The SMILES string of the molecule is CN1CCN(CCCN(Cc2c[nH]c3ccc(F)cc23)C(=O)c2n[nH]c3ccccc23)CC1. The third-order valence-electron chi connectivity index (χ3n) is 6.55. The minimum absolute atomic E-state index is 0.114. The van der Waals surface area contributed by atoms with Crippen molar-refractivity contribution in [2.45, 2.75) is 13.0 Å². The van der Waals surface area contributed by atoms with Crippen molar-refractivity contribution in [3.63, 3.8) is 0 Å². The second-order valence-electron chi connectivity index (χ2n) is 8.85. The molecule has 0 radical (unpaired) electrons. The van der Waals surface area contributed by atoms with Gasteiger partial charge in [0, 0.05) is 61.8 Å². The molecule has 0 spiro atoms. The summed E-state index contributed by atoms with van der Waals surface area (Å²) >= 11 is 0. The first kappa shape index (κ1) is 21.6. The largest absolute Gasteiger partial charge is 0.361 e.